The number of rotatable bonds is 8. The molecule has 5 nitrogen and oxygen atoms in total. The first kappa shape index (κ1) is 21.7. The van der Waals surface area contributed by atoms with Crippen LogP contribution in [-0.2, 0) is 24.2 Å². The van der Waals surface area contributed by atoms with Crippen LogP contribution in [-0.4, -0.2) is 53.4 Å². The van der Waals surface area contributed by atoms with Gasteiger partial charge in [0, 0.05) is 50.3 Å². The zero-order valence-corrected chi connectivity index (χ0v) is 18.9. The maximum Gasteiger partial charge on any atom is 0.231 e. The predicted molar refractivity (Wildman–Crippen MR) is 127 cm³/mol. The molecule has 1 aliphatic rings. The van der Waals surface area contributed by atoms with Gasteiger partial charge in [0.2, 0.25) is 5.91 Å². The van der Waals surface area contributed by atoms with Crippen LogP contribution in [0.2, 0.25) is 0 Å². The van der Waals surface area contributed by atoms with Crippen LogP contribution in [0.1, 0.15) is 21.8 Å². The van der Waals surface area contributed by atoms with E-state index in [1.807, 2.05) is 31.2 Å². The van der Waals surface area contributed by atoms with Crippen molar-refractivity contribution >= 4 is 22.9 Å². The van der Waals surface area contributed by atoms with Crippen LogP contribution in [0.25, 0.3) is 0 Å². The first-order valence-electron chi connectivity index (χ1n) is 10.9. The Hall–Kier alpha value is -2.54. The molecular formula is C25H30N4OS. The summed E-state index contributed by atoms with van der Waals surface area (Å²) in [5.74, 6) is -0.0169. The molecule has 0 spiro atoms. The summed E-state index contributed by atoms with van der Waals surface area (Å²) in [6.45, 7) is 8.35. The number of nitrogens with zero attached hydrogens (tertiary/aromatic N) is 3. The van der Waals surface area contributed by atoms with Gasteiger partial charge in [-0.1, -0.05) is 48.0 Å². The summed E-state index contributed by atoms with van der Waals surface area (Å²) in [6, 6.07) is 18.6. The molecule has 0 saturated carbocycles. The van der Waals surface area contributed by atoms with Crippen molar-refractivity contribution in [2.24, 2.45) is 0 Å². The summed E-state index contributed by atoms with van der Waals surface area (Å²) in [5.41, 5.74) is 4.49. The first-order valence-corrected chi connectivity index (χ1v) is 11.8. The van der Waals surface area contributed by atoms with E-state index in [0.717, 1.165) is 62.1 Å². The van der Waals surface area contributed by atoms with Crippen molar-refractivity contribution in [2.45, 2.75) is 26.3 Å². The van der Waals surface area contributed by atoms with E-state index in [9.17, 15) is 4.79 Å². The maximum absolute atomic E-state index is 12.3. The van der Waals surface area contributed by atoms with Crippen molar-refractivity contribution in [3.63, 3.8) is 0 Å². The Morgan fingerprint density at radius 1 is 1.00 bits per heavy atom. The van der Waals surface area contributed by atoms with Crippen LogP contribution < -0.4 is 5.32 Å². The third-order valence-electron chi connectivity index (χ3n) is 5.66. The fraction of sp³-hybridized carbons (Fsp3) is 0.360. The van der Waals surface area contributed by atoms with Crippen molar-refractivity contribution in [3.8, 4) is 0 Å². The van der Waals surface area contributed by atoms with Gasteiger partial charge in [0.05, 0.1) is 12.1 Å². The Labute approximate surface area is 188 Å². The average Bonchev–Trinajstić information content (AvgIpc) is 3.22. The van der Waals surface area contributed by atoms with Crippen molar-refractivity contribution in [1.82, 2.24) is 14.8 Å². The Kier molecular flexibility index (Phi) is 7.46. The molecule has 0 unspecified atom stereocenters. The minimum atomic E-state index is -0.0169. The number of benzene rings is 2. The number of carbonyl (C=O) groups is 1. The van der Waals surface area contributed by atoms with E-state index in [0.29, 0.717) is 6.42 Å². The highest BCUT2D eigenvalue weighted by molar-refractivity contribution is 7.09. The summed E-state index contributed by atoms with van der Waals surface area (Å²) >= 11 is 1.58. The molecule has 0 atom stereocenters. The Morgan fingerprint density at radius 2 is 1.71 bits per heavy atom. The van der Waals surface area contributed by atoms with Crippen molar-refractivity contribution in [2.75, 3.05) is 38.0 Å². The number of hydrogen-bond acceptors (Lipinski definition) is 5. The molecular weight excluding hydrogens is 404 g/mol. The summed E-state index contributed by atoms with van der Waals surface area (Å²) in [6.07, 6.45) is 1.44. The Morgan fingerprint density at radius 3 is 2.45 bits per heavy atom. The number of anilines is 1. The summed E-state index contributed by atoms with van der Waals surface area (Å²) in [4.78, 5) is 22.0. The van der Waals surface area contributed by atoms with Crippen LogP contribution in [0.15, 0.2) is 60.0 Å². The quantitative estimate of drug-likeness (QED) is 0.582. The zero-order valence-electron chi connectivity index (χ0n) is 18.1. The lowest BCUT2D eigenvalue weighted by atomic mass is 10.1. The lowest BCUT2D eigenvalue weighted by Crippen LogP contribution is -2.46. The van der Waals surface area contributed by atoms with Gasteiger partial charge in [0.1, 0.15) is 5.01 Å². The van der Waals surface area contributed by atoms with Crippen molar-refractivity contribution < 1.29 is 4.79 Å². The molecule has 162 valence electrons. The molecule has 3 aromatic rings. The van der Waals surface area contributed by atoms with Crippen molar-refractivity contribution in [1.29, 1.82) is 0 Å². The molecule has 2 heterocycles. The molecule has 6 heteroatoms. The second-order valence-corrected chi connectivity index (χ2v) is 9.12. The molecule has 1 aliphatic heterocycles. The van der Waals surface area contributed by atoms with E-state index in [-0.39, 0.29) is 5.91 Å². The second kappa shape index (κ2) is 10.7. The topological polar surface area (TPSA) is 48.5 Å². The van der Waals surface area contributed by atoms with Crippen LogP contribution in [0.3, 0.4) is 0 Å². The van der Waals surface area contributed by atoms with Crippen molar-refractivity contribution in [3.05, 3.63) is 81.8 Å². The van der Waals surface area contributed by atoms with Gasteiger partial charge in [-0.25, -0.2) is 4.98 Å². The number of piperazine rings is 1. The first-order chi connectivity index (χ1) is 15.1. The summed E-state index contributed by atoms with van der Waals surface area (Å²) < 4.78 is 0. The number of carbonyl (C=O) groups excluding carboxylic acids is 1. The normalized spacial score (nSPS) is 15.1. The standard InChI is InChI=1S/C25H30N4OS/c1-20-7-9-22(10-8-20)26-24(30)17-25-27-23(19-31-25)18-29-15-13-28(14-16-29)12-11-21-5-3-2-4-6-21/h2-10,19H,11-18H2,1H3,(H,26,30). The molecule has 0 bridgehead atoms. The van der Waals surface area contributed by atoms with Crippen LogP contribution >= 0.6 is 11.3 Å². The third-order valence-corrected chi connectivity index (χ3v) is 6.55. The van der Waals surface area contributed by atoms with Gasteiger partial charge in [0.15, 0.2) is 0 Å². The van der Waals surface area contributed by atoms with E-state index < -0.39 is 0 Å². The van der Waals surface area contributed by atoms with Gasteiger partial charge >= 0.3 is 0 Å². The molecule has 0 aliphatic carbocycles. The molecule has 31 heavy (non-hydrogen) atoms. The lowest BCUT2D eigenvalue weighted by molar-refractivity contribution is -0.115. The number of thiazole rings is 1. The number of nitrogens with one attached hydrogen (secondary N) is 1. The largest absolute Gasteiger partial charge is 0.326 e. The fourth-order valence-electron chi connectivity index (χ4n) is 3.81. The average molecular weight is 435 g/mol. The van der Waals surface area contributed by atoms with Gasteiger partial charge in [-0.2, -0.15) is 0 Å². The highest BCUT2D eigenvalue weighted by Gasteiger charge is 2.18. The Balaban J connectivity index is 1.19. The molecule has 1 amide bonds. The number of aryl methyl sites for hydroxylation is 1. The molecule has 1 N–H and O–H groups in total. The third kappa shape index (κ3) is 6.72. The SMILES string of the molecule is Cc1ccc(NC(=O)Cc2nc(CN3CCN(CCc4ccccc4)CC3)cs2)cc1. The molecule has 1 saturated heterocycles. The summed E-state index contributed by atoms with van der Waals surface area (Å²) in [5, 5.41) is 5.92. The zero-order chi connectivity index (χ0) is 21.5. The minimum absolute atomic E-state index is 0.0169. The summed E-state index contributed by atoms with van der Waals surface area (Å²) in [7, 11) is 0. The van der Waals surface area contributed by atoms with Crippen LogP contribution in [0.4, 0.5) is 5.69 Å². The molecule has 4 rings (SSSR count). The van der Waals surface area contributed by atoms with Gasteiger partial charge in [-0.15, -0.1) is 11.3 Å². The van der Waals surface area contributed by atoms with E-state index >= 15 is 0 Å². The van der Waals surface area contributed by atoms with Gasteiger partial charge in [-0.05, 0) is 31.0 Å². The maximum atomic E-state index is 12.3. The van der Waals surface area contributed by atoms with Gasteiger partial charge in [0.25, 0.3) is 0 Å². The van der Waals surface area contributed by atoms with Gasteiger partial charge < -0.3 is 10.2 Å². The van der Waals surface area contributed by atoms with Crippen LogP contribution in [0, 0.1) is 6.92 Å². The van der Waals surface area contributed by atoms with Crippen LogP contribution in [0.5, 0.6) is 0 Å². The lowest BCUT2D eigenvalue weighted by Gasteiger charge is -2.34. The minimum Gasteiger partial charge on any atom is -0.326 e. The highest BCUT2D eigenvalue weighted by Crippen LogP contribution is 2.15. The van der Waals surface area contributed by atoms with E-state index in [1.165, 1.54) is 11.1 Å². The number of aromatic nitrogens is 1. The van der Waals surface area contributed by atoms with E-state index in [4.69, 9.17) is 4.98 Å². The fourth-order valence-corrected chi connectivity index (χ4v) is 4.60. The number of amides is 1. The molecule has 1 fully saturated rings. The Bertz CT molecular complexity index is 963. The molecule has 0 radical (unpaired) electrons. The second-order valence-electron chi connectivity index (χ2n) is 8.18. The number of hydrogen-bond donors (Lipinski definition) is 1. The molecule has 2 aromatic carbocycles. The van der Waals surface area contributed by atoms with E-state index in [2.05, 4.69) is 50.8 Å². The van der Waals surface area contributed by atoms with Gasteiger partial charge in [-0.3, -0.25) is 9.69 Å². The highest BCUT2D eigenvalue weighted by atomic mass is 32.1. The monoisotopic (exact) mass is 434 g/mol. The molecule has 1 aromatic heterocycles. The predicted octanol–water partition coefficient (Wildman–Crippen LogP) is 3.99. The van der Waals surface area contributed by atoms with E-state index in [1.54, 1.807) is 11.3 Å². The smallest absolute Gasteiger partial charge is 0.231 e.